The minimum absolute atomic E-state index is 0.110. The molecule has 1 rings (SSSR count). The third-order valence-electron chi connectivity index (χ3n) is 4.30. The molecular weight excluding hydrogens is 316 g/mol. The Morgan fingerprint density at radius 1 is 0.880 bits per heavy atom. The molecule has 0 aliphatic rings. The summed E-state index contributed by atoms with van der Waals surface area (Å²) in [7, 11) is 0. The predicted octanol–water partition coefficient (Wildman–Crippen LogP) is 5.68. The zero-order valence-electron chi connectivity index (χ0n) is 15.9. The van der Waals surface area contributed by atoms with E-state index >= 15 is 0 Å². The molecule has 0 aliphatic carbocycles. The van der Waals surface area contributed by atoms with Gasteiger partial charge < -0.3 is 9.47 Å². The number of carbonyl (C=O) groups is 2. The molecule has 0 amide bonds. The van der Waals surface area contributed by atoms with Crippen LogP contribution in [0.2, 0.25) is 0 Å². The monoisotopic (exact) mass is 348 g/mol. The molecule has 4 nitrogen and oxygen atoms in total. The lowest BCUT2D eigenvalue weighted by Gasteiger charge is -2.15. The summed E-state index contributed by atoms with van der Waals surface area (Å²) in [6.45, 7) is 5.94. The van der Waals surface area contributed by atoms with Crippen molar-refractivity contribution in [1.29, 1.82) is 0 Å². The number of hydrogen-bond acceptors (Lipinski definition) is 4. The molecule has 0 radical (unpaired) electrons. The third-order valence-corrected chi connectivity index (χ3v) is 4.30. The minimum Gasteiger partial charge on any atom is -0.423 e. The predicted molar refractivity (Wildman–Crippen MR) is 99.8 cm³/mol. The molecule has 1 aromatic carbocycles. The van der Waals surface area contributed by atoms with Crippen molar-refractivity contribution < 1.29 is 19.1 Å². The summed E-state index contributed by atoms with van der Waals surface area (Å²) < 4.78 is 10.8. The van der Waals surface area contributed by atoms with Gasteiger partial charge in [-0.3, -0.25) is 9.59 Å². The molecule has 1 unspecified atom stereocenters. The lowest BCUT2D eigenvalue weighted by Crippen LogP contribution is -2.20. The average Bonchev–Trinajstić information content (AvgIpc) is 2.62. The largest absolute Gasteiger partial charge is 0.423 e. The lowest BCUT2D eigenvalue weighted by atomic mass is 9.98. The van der Waals surface area contributed by atoms with Crippen LogP contribution in [0.1, 0.15) is 78.6 Å². The van der Waals surface area contributed by atoms with Crippen molar-refractivity contribution in [3.05, 3.63) is 24.3 Å². The molecule has 0 bridgehead atoms. The summed E-state index contributed by atoms with van der Waals surface area (Å²) in [5.41, 5.74) is 0. The van der Waals surface area contributed by atoms with E-state index in [0.717, 1.165) is 25.7 Å². The molecule has 140 valence electrons. The standard InChI is InChI=1S/C21H32O4/c1-4-7-8-9-10-11-14-17(5-2)21(23)25-19-16-13-12-15-18(19)24-20(22)6-3/h12-13,15-17H,4-11,14H2,1-3H3. The van der Waals surface area contributed by atoms with E-state index in [1.807, 2.05) is 6.92 Å². The van der Waals surface area contributed by atoms with Gasteiger partial charge in [-0.2, -0.15) is 0 Å². The van der Waals surface area contributed by atoms with Crippen LogP contribution >= 0.6 is 0 Å². The van der Waals surface area contributed by atoms with Gasteiger partial charge in [0.15, 0.2) is 11.5 Å². The van der Waals surface area contributed by atoms with Crippen molar-refractivity contribution >= 4 is 11.9 Å². The molecule has 0 spiro atoms. The van der Waals surface area contributed by atoms with Crippen LogP contribution in [0, 0.1) is 5.92 Å². The Hall–Kier alpha value is -1.84. The van der Waals surface area contributed by atoms with E-state index in [9.17, 15) is 9.59 Å². The highest BCUT2D eigenvalue weighted by Gasteiger charge is 2.20. The van der Waals surface area contributed by atoms with Gasteiger partial charge in [-0.25, -0.2) is 0 Å². The number of ether oxygens (including phenoxy) is 2. The summed E-state index contributed by atoms with van der Waals surface area (Å²) >= 11 is 0. The van der Waals surface area contributed by atoms with Crippen molar-refractivity contribution in [3.8, 4) is 11.5 Å². The van der Waals surface area contributed by atoms with Crippen LogP contribution in [0.15, 0.2) is 24.3 Å². The first-order valence-corrected chi connectivity index (χ1v) is 9.63. The van der Waals surface area contributed by atoms with Gasteiger partial charge >= 0.3 is 11.9 Å². The van der Waals surface area contributed by atoms with E-state index in [0.29, 0.717) is 11.5 Å². The van der Waals surface area contributed by atoms with Crippen molar-refractivity contribution in [1.82, 2.24) is 0 Å². The van der Waals surface area contributed by atoms with Crippen LogP contribution < -0.4 is 9.47 Å². The van der Waals surface area contributed by atoms with Gasteiger partial charge in [0.1, 0.15) is 0 Å². The van der Waals surface area contributed by atoms with E-state index in [4.69, 9.17) is 9.47 Å². The summed E-state index contributed by atoms with van der Waals surface area (Å²) in [5, 5.41) is 0. The second kappa shape index (κ2) is 12.5. The lowest BCUT2D eigenvalue weighted by molar-refractivity contribution is -0.140. The van der Waals surface area contributed by atoms with Gasteiger partial charge in [0.25, 0.3) is 0 Å². The first-order valence-electron chi connectivity index (χ1n) is 9.63. The number of para-hydroxylation sites is 2. The normalized spacial score (nSPS) is 11.8. The second-order valence-corrected chi connectivity index (χ2v) is 6.36. The number of unbranched alkanes of at least 4 members (excludes halogenated alkanes) is 5. The topological polar surface area (TPSA) is 52.6 Å². The molecular formula is C21H32O4. The van der Waals surface area contributed by atoms with Crippen molar-refractivity contribution in [2.75, 3.05) is 0 Å². The molecule has 25 heavy (non-hydrogen) atoms. The van der Waals surface area contributed by atoms with Gasteiger partial charge in [0, 0.05) is 6.42 Å². The Morgan fingerprint density at radius 3 is 2.08 bits per heavy atom. The van der Waals surface area contributed by atoms with Crippen LogP contribution in [0.4, 0.5) is 0 Å². The number of rotatable bonds is 12. The first kappa shape index (κ1) is 21.2. The number of hydrogen-bond donors (Lipinski definition) is 0. The Kier molecular flexibility index (Phi) is 10.6. The van der Waals surface area contributed by atoms with E-state index in [-0.39, 0.29) is 24.3 Å². The highest BCUT2D eigenvalue weighted by molar-refractivity contribution is 5.77. The molecule has 4 heteroatoms. The van der Waals surface area contributed by atoms with Gasteiger partial charge in [0.2, 0.25) is 0 Å². The molecule has 1 aromatic rings. The highest BCUT2D eigenvalue weighted by Crippen LogP contribution is 2.28. The second-order valence-electron chi connectivity index (χ2n) is 6.36. The number of esters is 2. The molecule has 0 saturated carbocycles. The number of benzene rings is 1. The fourth-order valence-corrected chi connectivity index (χ4v) is 2.67. The van der Waals surface area contributed by atoms with Crippen molar-refractivity contribution in [2.24, 2.45) is 5.92 Å². The van der Waals surface area contributed by atoms with Crippen LogP contribution in [0.5, 0.6) is 11.5 Å². The van der Waals surface area contributed by atoms with Crippen molar-refractivity contribution in [2.45, 2.75) is 78.6 Å². The quantitative estimate of drug-likeness (QED) is 0.277. The van der Waals surface area contributed by atoms with Crippen LogP contribution in [0.25, 0.3) is 0 Å². The Balaban J connectivity index is 2.53. The maximum Gasteiger partial charge on any atom is 0.314 e. The van der Waals surface area contributed by atoms with Gasteiger partial charge in [-0.1, -0.05) is 71.4 Å². The summed E-state index contributed by atoms with van der Waals surface area (Å²) in [5.74, 6) is -0.0763. The zero-order chi connectivity index (χ0) is 18.5. The fourth-order valence-electron chi connectivity index (χ4n) is 2.67. The third kappa shape index (κ3) is 8.19. The van der Waals surface area contributed by atoms with Crippen LogP contribution in [-0.4, -0.2) is 11.9 Å². The van der Waals surface area contributed by atoms with Gasteiger partial charge in [0.05, 0.1) is 5.92 Å². The summed E-state index contributed by atoms with van der Waals surface area (Å²) in [6.07, 6.45) is 9.11. The van der Waals surface area contributed by atoms with Crippen LogP contribution in [-0.2, 0) is 9.59 Å². The first-order chi connectivity index (χ1) is 12.1. The Labute approximate surface area is 151 Å². The van der Waals surface area contributed by atoms with Gasteiger partial charge in [-0.05, 0) is 25.0 Å². The summed E-state index contributed by atoms with van der Waals surface area (Å²) in [4.78, 5) is 24.0. The molecule has 0 N–H and O–H groups in total. The van der Waals surface area contributed by atoms with Crippen LogP contribution in [0.3, 0.4) is 0 Å². The molecule has 0 aromatic heterocycles. The Bertz CT molecular complexity index is 524. The maximum atomic E-state index is 12.5. The van der Waals surface area contributed by atoms with Gasteiger partial charge in [-0.15, -0.1) is 0 Å². The van der Waals surface area contributed by atoms with E-state index in [2.05, 4.69) is 6.92 Å². The zero-order valence-corrected chi connectivity index (χ0v) is 15.9. The smallest absolute Gasteiger partial charge is 0.314 e. The van der Waals surface area contributed by atoms with E-state index < -0.39 is 0 Å². The summed E-state index contributed by atoms with van der Waals surface area (Å²) in [6, 6.07) is 6.82. The molecule has 1 atom stereocenters. The number of carbonyl (C=O) groups excluding carboxylic acids is 2. The SMILES string of the molecule is CCCCCCCCC(CC)C(=O)Oc1ccccc1OC(=O)CC. The molecule has 0 fully saturated rings. The average molecular weight is 348 g/mol. The highest BCUT2D eigenvalue weighted by atomic mass is 16.6. The van der Waals surface area contributed by atoms with Crippen molar-refractivity contribution in [3.63, 3.8) is 0 Å². The Morgan fingerprint density at radius 2 is 1.48 bits per heavy atom. The maximum absolute atomic E-state index is 12.5. The van der Waals surface area contributed by atoms with E-state index in [1.165, 1.54) is 25.7 Å². The van der Waals surface area contributed by atoms with E-state index in [1.54, 1.807) is 31.2 Å². The minimum atomic E-state index is -0.345. The fraction of sp³-hybridized carbons (Fsp3) is 0.619. The molecule has 0 heterocycles. The molecule has 0 aliphatic heterocycles. The molecule has 0 saturated heterocycles.